The third kappa shape index (κ3) is 3.77. The fourth-order valence-electron chi connectivity index (χ4n) is 2.80. The van der Waals surface area contributed by atoms with Gasteiger partial charge in [-0.15, -0.1) is 0 Å². The summed E-state index contributed by atoms with van der Waals surface area (Å²) < 4.78 is 33.3. The number of carbonyl (C=O) groups excluding carboxylic acids is 2. The van der Waals surface area contributed by atoms with E-state index in [1.807, 2.05) is 0 Å². The third-order valence-electron chi connectivity index (χ3n) is 4.19. The number of sulfonamides is 1. The molecule has 2 amide bonds. The Labute approximate surface area is 161 Å². The molecule has 0 spiro atoms. The van der Waals surface area contributed by atoms with Gasteiger partial charge in [0.25, 0.3) is 10.0 Å². The van der Waals surface area contributed by atoms with E-state index in [0.717, 1.165) is 4.90 Å². The quantitative estimate of drug-likeness (QED) is 0.767. The number of anilines is 2. The molecule has 27 heavy (non-hydrogen) atoms. The highest BCUT2D eigenvalue weighted by Gasteiger charge is 2.33. The topological polar surface area (TPSA) is 92.8 Å². The van der Waals surface area contributed by atoms with E-state index in [1.54, 1.807) is 25.1 Å². The van der Waals surface area contributed by atoms with Gasteiger partial charge in [0, 0.05) is 17.9 Å². The minimum absolute atomic E-state index is 0.0845. The number of rotatable bonds is 5. The third-order valence-corrected chi connectivity index (χ3v) is 5.78. The van der Waals surface area contributed by atoms with E-state index in [2.05, 4.69) is 4.72 Å². The maximum absolute atomic E-state index is 12.8. The van der Waals surface area contributed by atoms with Crippen molar-refractivity contribution in [3.63, 3.8) is 0 Å². The molecule has 7 nitrogen and oxygen atoms in total. The highest BCUT2D eigenvalue weighted by Crippen LogP contribution is 2.35. The summed E-state index contributed by atoms with van der Waals surface area (Å²) in [5.41, 5.74) is 1.15. The number of hydrogen-bond donors (Lipinski definition) is 1. The Morgan fingerprint density at radius 2 is 1.74 bits per heavy atom. The van der Waals surface area contributed by atoms with E-state index in [-0.39, 0.29) is 29.2 Å². The van der Waals surface area contributed by atoms with Gasteiger partial charge in [-0.3, -0.25) is 14.3 Å². The average molecular weight is 409 g/mol. The fourth-order valence-corrected chi connectivity index (χ4v) is 4.18. The minimum atomic E-state index is -3.96. The van der Waals surface area contributed by atoms with E-state index < -0.39 is 21.8 Å². The maximum atomic E-state index is 12.8. The Morgan fingerprint density at radius 1 is 1.07 bits per heavy atom. The Bertz CT molecular complexity index is 1020. The van der Waals surface area contributed by atoms with Crippen LogP contribution in [0.4, 0.5) is 11.4 Å². The van der Waals surface area contributed by atoms with Crippen LogP contribution in [0.2, 0.25) is 5.02 Å². The monoisotopic (exact) mass is 408 g/mol. The summed E-state index contributed by atoms with van der Waals surface area (Å²) >= 11 is 5.90. The second kappa shape index (κ2) is 7.21. The van der Waals surface area contributed by atoms with Crippen LogP contribution in [0, 0.1) is 6.92 Å². The summed E-state index contributed by atoms with van der Waals surface area (Å²) in [6.07, 6.45) is 0.169. The van der Waals surface area contributed by atoms with Gasteiger partial charge in [-0.25, -0.2) is 13.3 Å². The van der Waals surface area contributed by atoms with Crippen molar-refractivity contribution in [2.75, 3.05) is 16.7 Å². The molecule has 0 radical (unpaired) electrons. The normalized spacial score (nSPS) is 14.6. The molecular weight excluding hydrogens is 392 g/mol. The van der Waals surface area contributed by atoms with Gasteiger partial charge in [-0.2, -0.15) is 0 Å². The van der Waals surface area contributed by atoms with Crippen molar-refractivity contribution in [3.05, 3.63) is 47.0 Å². The zero-order chi connectivity index (χ0) is 19.8. The molecule has 1 aliphatic heterocycles. The van der Waals surface area contributed by atoms with Crippen LogP contribution in [0.3, 0.4) is 0 Å². The molecular formula is C18H17ClN2O5S. The van der Waals surface area contributed by atoms with Crippen molar-refractivity contribution < 1.29 is 22.7 Å². The molecule has 142 valence electrons. The standard InChI is InChI=1S/C18H17ClN2O5S/c1-11-9-12(19)3-5-14(11)20-27(24,25)13-4-6-16(26-2)15(10-13)21-17(22)7-8-18(21)23/h3-6,9-10,20H,7-8H2,1-2H3. The van der Waals surface area contributed by atoms with Gasteiger partial charge in [0.2, 0.25) is 11.8 Å². The van der Waals surface area contributed by atoms with Gasteiger partial charge in [0.05, 0.1) is 23.4 Å². The molecule has 9 heteroatoms. The lowest BCUT2D eigenvalue weighted by atomic mass is 10.2. The number of methoxy groups -OCH3 is 1. The first-order valence-electron chi connectivity index (χ1n) is 8.06. The number of hydrogen-bond acceptors (Lipinski definition) is 5. The second-order valence-electron chi connectivity index (χ2n) is 6.02. The van der Waals surface area contributed by atoms with Gasteiger partial charge in [0.15, 0.2) is 0 Å². The maximum Gasteiger partial charge on any atom is 0.261 e. The minimum Gasteiger partial charge on any atom is -0.495 e. The van der Waals surface area contributed by atoms with Crippen molar-refractivity contribution in [2.24, 2.45) is 0 Å². The summed E-state index contributed by atoms with van der Waals surface area (Å²) in [5, 5.41) is 0.494. The molecule has 2 aromatic carbocycles. The first-order chi connectivity index (χ1) is 12.7. The Hall–Kier alpha value is -2.58. The molecule has 1 aliphatic rings. The van der Waals surface area contributed by atoms with Crippen molar-refractivity contribution in [2.45, 2.75) is 24.7 Å². The number of nitrogens with zero attached hydrogens (tertiary/aromatic N) is 1. The van der Waals surface area contributed by atoms with Crippen LogP contribution in [0.15, 0.2) is 41.3 Å². The molecule has 1 saturated heterocycles. The van der Waals surface area contributed by atoms with E-state index in [9.17, 15) is 18.0 Å². The molecule has 1 N–H and O–H groups in total. The molecule has 1 fully saturated rings. The zero-order valence-electron chi connectivity index (χ0n) is 14.7. The van der Waals surface area contributed by atoms with E-state index in [4.69, 9.17) is 16.3 Å². The summed E-state index contributed by atoms with van der Waals surface area (Å²) in [5.74, 6) is -0.552. The molecule has 0 saturated carbocycles. The lowest BCUT2D eigenvalue weighted by Gasteiger charge is -2.19. The second-order valence-corrected chi connectivity index (χ2v) is 8.14. The zero-order valence-corrected chi connectivity index (χ0v) is 16.2. The van der Waals surface area contributed by atoms with Crippen LogP contribution in [-0.4, -0.2) is 27.3 Å². The molecule has 1 heterocycles. The summed E-state index contributed by atoms with van der Waals surface area (Å²) in [7, 11) is -2.58. The van der Waals surface area contributed by atoms with Crippen LogP contribution in [0.5, 0.6) is 5.75 Å². The number of halogens is 1. The van der Waals surface area contributed by atoms with Crippen LogP contribution in [0.25, 0.3) is 0 Å². The predicted molar refractivity (Wildman–Crippen MR) is 102 cm³/mol. The van der Waals surface area contributed by atoms with Gasteiger partial charge in [0.1, 0.15) is 5.75 Å². The van der Waals surface area contributed by atoms with Crippen molar-refractivity contribution >= 4 is 44.8 Å². The van der Waals surface area contributed by atoms with Gasteiger partial charge < -0.3 is 4.74 Å². The molecule has 0 bridgehead atoms. The lowest BCUT2D eigenvalue weighted by Crippen LogP contribution is -2.29. The molecule has 3 rings (SSSR count). The van der Waals surface area contributed by atoms with E-state index in [1.165, 1.54) is 25.3 Å². The number of carbonyl (C=O) groups is 2. The largest absolute Gasteiger partial charge is 0.495 e. The fraction of sp³-hybridized carbons (Fsp3) is 0.222. The Morgan fingerprint density at radius 3 is 2.33 bits per heavy atom. The highest BCUT2D eigenvalue weighted by atomic mass is 35.5. The van der Waals surface area contributed by atoms with Crippen LogP contribution >= 0.6 is 11.6 Å². The first kappa shape index (κ1) is 19.2. The molecule has 0 aliphatic carbocycles. The van der Waals surface area contributed by atoms with Crippen molar-refractivity contribution in [1.82, 2.24) is 0 Å². The Balaban J connectivity index is 2.02. The van der Waals surface area contributed by atoms with Crippen molar-refractivity contribution in [3.8, 4) is 5.75 Å². The van der Waals surface area contributed by atoms with Crippen LogP contribution in [0.1, 0.15) is 18.4 Å². The Kier molecular flexibility index (Phi) is 5.12. The number of ether oxygens (including phenoxy) is 1. The molecule has 0 atom stereocenters. The average Bonchev–Trinajstić information content (AvgIpc) is 2.95. The number of benzene rings is 2. The SMILES string of the molecule is COc1ccc(S(=O)(=O)Nc2ccc(Cl)cc2C)cc1N1C(=O)CCC1=O. The summed E-state index contributed by atoms with van der Waals surface area (Å²) in [6.45, 7) is 1.73. The summed E-state index contributed by atoms with van der Waals surface area (Å²) in [4.78, 5) is 25.0. The summed E-state index contributed by atoms with van der Waals surface area (Å²) in [6, 6.07) is 8.80. The van der Waals surface area contributed by atoms with E-state index >= 15 is 0 Å². The van der Waals surface area contributed by atoms with E-state index in [0.29, 0.717) is 16.3 Å². The van der Waals surface area contributed by atoms with Crippen molar-refractivity contribution in [1.29, 1.82) is 0 Å². The number of aryl methyl sites for hydroxylation is 1. The molecule has 0 unspecified atom stereocenters. The van der Waals surface area contributed by atoms with Crippen LogP contribution in [-0.2, 0) is 19.6 Å². The number of amides is 2. The smallest absolute Gasteiger partial charge is 0.261 e. The first-order valence-corrected chi connectivity index (χ1v) is 9.92. The lowest BCUT2D eigenvalue weighted by molar-refractivity contribution is -0.121. The number of nitrogens with one attached hydrogen (secondary N) is 1. The highest BCUT2D eigenvalue weighted by molar-refractivity contribution is 7.92. The van der Waals surface area contributed by atoms with Gasteiger partial charge in [-0.1, -0.05) is 11.6 Å². The predicted octanol–water partition coefficient (Wildman–Crippen LogP) is 3.11. The van der Waals surface area contributed by atoms with Crippen LogP contribution < -0.4 is 14.4 Å². The van der Waals surface area contributed by atoms with Gasteiger partial charge >= 0.3 is 0 Å². The molecule has 0 aromatic heterocycles. The molecule has 2 aromatic rings. The number of imide groups is 1. The van der Waals surface area contributed by atoms with Gasteiger partial charge in [-0.05, 0) is 48.9 Å².